The Morgan fingerprint density at radius 2 is 1.69 bits per heavy atom. The van der Waals surface area contributed by atoms with Gasteiger partial charge in [0.05, 0.1) is 25.3 Å². The van der Waals surface area contributed by atoms with E-state index in [1.54, 1.807) is 20.8 Å². The van der Waals surface area contributed by atoms with Gasteiger partial charge in [-0.15, -0.1) is 0 Å². The minimum atomic E-state index is -1.58. The monoisotopic (exact) mass is 885 g/mol. The van der Waals surface area contributed by atoms with E-state index in [1.165, 1.54) is 12.0 Å². The van der Waals surface area contributed by atoms with Crippen LogP contribution in [0.1, 0.15) is 118 Å². The number of aliphatic hydroxyl groups excluding tert-OH is 2. The van der Waals surface area contributed by atoms with Gasteiger partial charge in [-0.05, 0) is 81.2 Å². The van der Waals surface area contributed by atoms with Crippen LogP contribution in [0.25, 0.3) is 0 Å². The second-order valence-electron chi connectivity index (χ2n) is 16.5. The summed E-state index contributed by atoms with van der Waals surface area (Å²) >= 11 is 2.22. The summed E-state index contributed by atoms with van der Waals surface area (Å²) < 4.78 is 26.2. The molecule has 1 saturated carbocycles. The summed E-state index contributed by atoms with van der Waals surface area (Å²) in [4.78, 5) is 61.9. The summed E-state index contributed by atoms with van der Waals surface area (Å²) in [5.74, 6) is -3.50. The highest BCUT2D eigenvalue weighted by molar-refractivity contribution is 14.1. The molecule has 0 spiro atoms. The summed E-state index contributed by atoms with van der Waals surface area (Å²) in [6.07, 6.45) is 2.49. The standard InChI is InChI=1S/C40H60IN3O11/c1-7-9-13-19-39(20-14-10-8-2)53-31-28-21-40(33(36(49)51-28)44(55-34(40)32(31)54-39)22-25-15-11-12-16-27(25)41)37(50)43-30(24(3)46)35(48)42-26(23-45)17-18-29(47)52-38(4,5)6/h11-12,15-16,24,26,28,30-34,45-46H,7-10,13-14,17-23H2,1-6H3,(H,42,48)(H,43,50). The van der Waals surface area contributed by atoms with E-state index in [9.17, 15) is 29.4 Å². The molecule has 3 saturated heterocycles. The molecule has 1 aliphatic carbocycles. The number of carbonyl (C=O) groups excluding carboxylic acids is 4. The lowest BCUT2D eigenvalue weighted by molar-refractivity contribution is -0.224. The van der Waals surface area contributed by atoms with E-state index in [1.807, 2.05) is 24.3 Å². The lowest BCUT2D eigenvalue weighted by atomic mass is 9.62. The molecule has 15 heteroatoms. The Morgan fingerprint density at radius 3 is 2.29 bits per heavy atom. The molecular weight excluding hydrogens is 825 g/mol. The Bertz CT molecular complexity index is 1510. The predicted octanol–water partition coefficient (Wildman–Crippen LogP) is 4.20. The molecule has 14 nitrogen and oxygen atoms in total. The minimum absolute atomic E-state index is 0.0517. The second-order valence-corrected chi connectivity index (χ2v) is 17.7. The molecule has 9 unspecified atom stereocenters. The zero-order chi connectivity index (χ0) is 40.1. The van der Waals surface area contributed by atoms with Gasteiger partial charge in [0.25, 0.3) is 0 Å². The highest BCUT2D eigenvalue weighted by Crippen LogP contribution is 2.58. The van der Waals surface area contributed by atoms with Crippen LogP contribution in [-0.4, -0.2) is 106 Å². The summed E-state index contributed by atoms with van der Waals surface area (Å²) in [5.41, 5.74) is -1.39. The van der Waals surface area contributed by atoms with Crippen LogP contribution in [0.5, 0.6) is 0 Å². The number of ether oxygens (including phenoxy) is 4. The first-order chi connectivity index (χ1) is 26.1. The van der Waals surface area contributed by atoms with Crippen LogP contribution >= 0.6 is 22.6 Å². The second kappa shape index (κ2) is 18.5. The molecule has 5 rings (SSSR count). The first-order valence-electron chi connectivity index (χ1n) is 19.9. The molecule has 1 aromatic carbocycles. The number of nitrogens with one attached hydrogen (secondary N) is 2. The van der Waals surface area contributed by atoms with Crippen molar-refractivity contribution in [1.29, 1.82) is 0 Å². The first-order valence-corrected chi connectivity index (χ1v) is 21.0. The van der Waals surface area contributed by atoms with Crippen molar-refractivity contribution in [2.24, 2.45) is 5.41 Å². The number of benzene rings is 1. The predicted molar refractivity (Wildman–Crippen MR) is 209 cm³/mol. The van der Waals surface area contributed by atoms with E-state index in [0.717, 1.165) is 47.7 Å². The molecule has 4 fully saturated rings. The van der Waals surface area contributed by atoms with Gasteiger partial charge in [0.1, 0.15) is 41.5 Å². The number of halogens is 1. The van der Waals surface area contributed by atoms with Crippen LogP contribution < -0.4 is 10.6 Å². The van der Waals surface area contributed by atoms with E-state index in [-0.39, 0.29) is 25.8 Å². The molecule has 9 atom stereocenters. The van der Waals surface area contributed by atoms with Crippen molar-refractivity contribution in [2.45, 2.75) is 179 Å². The summed E-state index contributed by atoms with van der Waals surface area (Å²) in [5, 5.41) is 27.9. The van der Waals surface area contributed by atoms with Gasteiger partial charge in [-0.1, -0.05) is 57.7 Å². The number of nitrogens with zero attached hydrogens (tertiary/aromatic N) is 1. The van der Waals surface area contributed by atoms with Crippen LogP contribution in [0.15, 0.2) is 24.3 Å². The van der Waals surface area contributed by atoms with Crippen molar-refractivity contribution in [3.05, 3.63) is 33.4 Å². The van der Waals surface area contributed by atoms with Gasteiger partial charge in [-0.25, -0.2) is 0 Å². The molecule has 2 amide bonds. The van der Waals surface area contributed by atoms with Crippen molar-refractivity contribution < 1.29 is 53.2 Å². The van der Waals surface area contributed by atoms with Crippen LogP contribution in [0.3, 0.4) is 0 Å². The fourth-order valence-electron chi connectivity index (χ4n) is 8.36. The molecule has 0 radical (unpaired) electrons. The Hall–Kier alpha value is -2.41. The maximum atomic E-state index is 15.0. The third kappa shape index (κ3) is 9.83. The molecular formula is C40H60IN3O11. The molecule has 3 heterocycles. The zero-order valence-corrected chi connectivity index (χ0v) is 35.2. The molecule has 3 aliphatic heterocycles. The molecule has 4 aliphatic rings. The number of hydrogen-bond donors (Lipinski definition) is 4. The van der Waals surface area contributed by atoms with Crippen LogP contribution in [0.2, 0.25) is 0 Å². The number of carbonyl (C=O) groups is 4. The van der Waals surface area contributed by atoms with Crippen molar-refractivity contribution in [1.82, 2.24) is 15.7 Å². The lowest BCUT2D eigenvalue weighted by Crippen LogP contribution is -2.71. The topological polar surface area (TPSA) is 182 Å². The van der Waals surface area contributed by atoms with Crippen LogP contribution in [0.4, 0.5) is 0 Å². The Balaban J connectivity index is 1.45. The Morgan fingerprint density at radius 1 is 1.04 bits per heavy atom. The number of hydrogen-bond acceptors (Lipinski definition) is 12. The number of unbranched alkanes of at least 4 members (excludes halogenated alkanes) is 4. The normalized spacial score (nSPS) is 28.5. The van der Waals surface area contributed by atoms with Gasteiger partial charge in [0, 0.05) is 29.3 Å². The van der Waals surface area contributed by atoms with Crippen LogP contribution in [-0.2, 0) is 49.5 Å². The van der Waals surface area contributed by atoms with Crippen molar-refractivity contribution >= 4 is 46.3 Å². The van der Waals surface area contributed by atoms with Gasteiger partial charge in [0.15, 0.2) is 11.8 Å². The minimum Gasteiger partial charge on any atom is -0.460 e. The highest BCUT2D eigenvalue weighted by Gasteiger charge is 2.76. The van der Waals surface area contributed by atoms with E-state index < -0.39 is 95.8 Å². The summed E-state index contributed by atoms with van der Waals surface area (Å²) in [6.45, 7) is 10.5. The summed E-state index contributed by atoms with van der Waals surface area (Å²) in [6, 6.07) is 4.15. The SMILES string of the molecule is CCCCCC1(CCCCC)OC2C3CC4(C(=O)NC(C(=O)NC(CO)CCC(=O)OC(C)(C)C)C(C)O)C(ON(Cc5ccccc5I)C4C(=O)O3)C2O1. The maximum Gasteiger partial charge on any atom is 0.327 e. The van der Waals surface area contributed by atoms with Crippen molar-refractivity contribution in [3.8, 4) is 0 Å². The maximum absolute atomic E-state index is 15.0. The quantitative estimate of drug-likeness (QED) is 0.0885. The number of rotatable bonds is 19. The average molecular weight is 886 g/mol. The van der Waals surface area contributed by atoms with E-state index in [4.69, 9.17) is 23.8 Å². The summed E-state index contributed by atoms with van der Waals surface area (Å²) in [7, 11) is 0. The molecule has 55 heavy (non-hydrogen) atoms. The third-order valence-electron chi connectivity index (χ3n) is 11.0. The van der Waals surface area contributed by atoms with Gasteiger partial charge in [0.2, 0.25) is 11.8 Å². The van der Waals surface area contributed by atoms with Gasteiger partial charge < -0.3 is 39.8 Å². The van der Waals surface area contributed by atoms with Crippen molar-refractivity contribution in [2.75, 3.05) is 6.61 Å². The Kier molecular flexibility index (Phi) is 14.7. The van der Waals surface area contributed by atoms with E-state index in [0.29, 0.717) is 12.8 Å². The lowest BCUT2D eigenvalue weighted by Gasteiger charge is -2.49. The molecule has 0 aromatic heterocycles. The zero-order valence-electron chi connectivity index (χ0n) is 33.0. The molecule has 4 N–H and O–H groups in total. The fraction of sp³-hybridized carbons (Fsp3) is 0.750. The Labute approximate surface area is 338 Å². The molecule has 2 bridgehead atoms. The van der Waals surface area contributed by atoms with Gasteiger partial charge in [-0.2, -0.15) is 5.06 Å². The largest absolute Gasteiger partial charge is 0.460 e. The number of fused-ring (bicyclic) bond motifs is 4. The first kappa shape index (κ1) is 43.7. The number of hydroxylamine groups is 2. The number of amides is 2. The molecule has 1 aromatic rings. The highest BCUT2D eigenvalue weighted by atomic mass is 127. The van der Waals surface area contributed by atoms with E-state index in [2.05, 4.69) is 47.1 Å². The third-order valence-corrected chi connectivity index (χ3v) is 12.1. The van der Waals surface area contributed by atoms with Gasteiger partial charge >= 0.3 is 11.9 Å². The van der Waals surface area contributed by atoms with Gasteiger partial charge in [-0.3, -0.25) is 24.0 Å². The van der Waals surface area contributed by atoms with Crippen molar-refractivity contribution in [3.63, 3.8) is 0 Å². The van der Waals surface area contributed by atoms with Crippen LogP contribution in [0, 0.1) is 8.99 Å². The smallest absolute Gasteiger partial charge is 0.327 e. The van der Waals surface area contributed by atoms with E-state index >= 15 is 0 Å². The average Bonchev–Trinajstić information content (AvgIpc) is 3.67. The number of aliphatic hydroxyl groups is 2. The number of esters is 2. The fourth-order valence-corrected chi connectivity index (χ4v) is 8.91. The molecule has 308 valence electrons.